The number of hydrogen-bond acceptors (Lipinski definition) is 6. The maximum absolute atomic E-state index is 12.4. The SMILES string of the molecule is COc1ccccc1NC(=O)[C@H](C)Sc1ncnc2sccc12. The Morgan fingerprint density at radius 3 is 2.96 bits per heavy atom. The summed E-state index contributed by atoms with van der Waals surface area (Å²) in [6.07, 6.45) is 1.53. The van der Waals surface area contributed by atoms with Gasteiger partial charge in [0.1, 0.15) is 21.9 Å². The minimum absolute atomic E-state index is 0.0958. The van der Waals surface area contributed by atoms with Gasteiger partial charge in [0.25, 0.3) is 0 Å². The van der Waals surface area contributed by atoms with Crippen molar-refractivity contribution in [1.29, 1.82) is 0 Å². The van der Waals surface area contributed by atoms with Crippen molar-refractivity contribution in [3.05, 3.63) is 42.0 Å². The van der Waals surface area contributed by atoms with Crippen LogP contribution in [0.15, 0.2) is 47.1 Å². The third kappa shape index (κ3) is 3.46. The van der Waals surface area contributed by atoms with Gasteiger partial charge in [-0.1, -0.05) is 23.9 Å². The van der Waals surface area contributed by atoms with Crippen LogP contribution in [0.4, 0.5) is 5.69 Å². The van der Waals surface area contributed by atoms with E-state index in [0.717, 1.165) is 15.2 Å². The maximum Gasteiger partial charge on any atom is 0.237 e. The predicted molar refractivity (Wildman–Crippen MR) is 94.4 cm³/mol. The van der Waals surface area contributed by atoms with Gasteiger partial charge in [-0.25, -0.2) is 9.97 Å². The lowest BCUT2D eigenvalue weighted by atomic mass is 10.3. The molecule has 0 saturated heterocycles. The molecule has 0 aliphatic carbocycles. The number of aromatic nitrogens is 2. The smallest absolute Gasteiger partial charge is 0.237 e. The molecule has 2 heterocycles. The summed E-state index contributed by atoms with van der Waals surface area (Å²) in [6, 6.07) is 9.33. The van der Waals surface area contributed by atoms with Gasteiger partial charge in [-0.3, -0.25) is 4.79 Å². The van der Waals surface area contributed by atoms with Crippen molar-refractivity contribution in [1.82, 2.24) is 9.97 Å². The molecule has 0 bridgehead atoms. The molecule has 2 aromatic heterocycles. The van der Waals surface area contributed by atoms with Crippen molar-refractivity contribution >= 4 is 44.9 Å². The average Bonchev–Trinajstić information content (AvgIpc) is 3.05. The third-order valence-electron chi connectivity index (χ3n) is 3.25. The van der Waals surface area contributed by atoms with E-state index < -0.39 is 0 Å². The molecule has 118 valence electrons. The number of benzene rings is 1. The molecule has 23 heavy (non-hydrogen) atoms. The highest BCUT2D eigenvalue weighted by atomic mass is 32.2. The van der Waals surface area contributed by atoms with Gasteiger partial charge >= 0.3 is 0 Å². The van der Waals surface area contributed by atoms with Gasteiger partial charge in [-0.2, -0.15) is 0 Å². The number of carbonyl (C=O) groups is 1. The minimum Gasteiger partial charge on any atom is -0.495 e. The zero-order valence-electron chi connectivity index (χ0n) is 12.6. The minimum atomic E-state index is -0.294. The normalized spacial score (nSPS) is 12.1. The lowest BCUT2D eigenvalue weighted by Crippen LogP contribution is -2.22. The van der Waals surface area contributed by atoms with Crippen molar-refractivity contribution in [2.24, 2.45) is 0 Å². The van der Waals surface area contributed by atoms with Crippen molar-refractivity contribution in [3.63, 3.8) is 0 Å². The Morgan fingerprint density at radius 1 is 1.30 bits per heavy atom. The molecule has 3 aromatic rings. The second-order valence-electron chi connectivity index (χ2n) is 4.77. The summed E-state index contributed by atoms with van der Waals surface area (Å²) >= 11 is 2.98. The van der Waals surface area contributed by atoms with E-state index in [-0.39, 0.29) is 11.2 Å². The highest BCUT2D eigenvalue weighted by Crippen LogP contribution is 2.31. The Morgan fingerprint density at radius 2 is 2.13 bits per heavy atom. The number of nitrogens with one attached hydrogen (secondary N) is 1. The first kappa shape index (κ1) is 15.8. The number of rotatable bonds is 5. The fraction of sp³-hybridized carbons (Fsp3) is 0.188. The number of nitrogens with zero attached hydrogens (tertiary/aromatic N) is 2. The fourth-order valence-electron chi connectivity index (χ4n) is 2.06. The molecule has 0 spiro atoms. The van der Waals surface area contributed by atoms with E-state index in [0.29, 0.717) is 11.4 Å². The molecular weight excluding hydrogens is 330 g/mol. The summed E-state index contributed by atoms with van der Waals surface area (Å²) < 4.78 is 5.25. The van der Waals surface area contributed by atoms with Crippen LogP contribution >= 0.6 is 23.1 Å². The predicted octanol–water partition coefficient (Wildman–Crippen LogP) is 3.82. The second kappa shape index (κ2) is 6.97. The van der Waals surface area contributed by atoms with E-state index >= 15 is 0 Å². The molecule has 0 fully saturated rings. The summed E-state index contributed by atoms with van der Waals surface area (Å²) in [6.45, 7) is 1.86. The fourth-order valence-corrected chi connectivity index (χ4v) is 3.76. The van der Waals surface area contributed by atoms with Crippen LogP contribution < -0.4 is 10.1 Å². The lowest BCUT2D eigenvalue weighted by Gasteiger charge is -2.14. The summed E-state index contributed by atoms with van der Waals surface area (Å²) in [5.41, 5.74) is 0.663. The topological polar surface area (TPSA) is 64.1 Å². The molecule has 1 aromatic carbocycles. The molecule has 1 N–H and O–H groups in total. The maximum atomic E-state index is 12.4. The quantitative estimate of drug-likeness (QED) is 0.562. The van der Waals surface area contributed by atoms with E-state index in [4.69, 9.17) is 4.74 Å². The number of thiophene rings is 1. The highest BCUT2D eigenvalue weighted by molar-refractivity contribution is 8.00. The molecule has 1 amide bonds. The van der Waals surface area contributed by atoms with Crippen molar-refractivity contribution in [3.8, 4) is 5.75 Å². The Kier molecular flexibility index (Phi) is 4.78. The summed E-state index contributed by atoms with van der Waals surface area (Å²) in [7, 11) is 1.58. The molecule has 0 saturated carbocycles. The molecule has 5 nitrogen and oxygen atoms in total. The second-order valence-corrected chi connectivity index (χ2v) is 6.99. The Balaban J connectivity index is 1.74. The number of methoxy groups -OCH3 is 1. The lowest BCUT2D eigenvalue weighted by molar-refractivity contribution is -0.115. The van der Waals surface area contributed by atoms with Gasteiger partial charge in [-0.05, 0) is 30.5 Å². The van der Waals surface area contributed by atoms with Crippen molar-refractivity contribution in [2.75, 3.05) is 12.4 Å². The van der Waals surface area contributed by atoms with Crippen LogP contribution in [0.5, 0.6) is 5.75 Å². The van der Waals surface area contributed by atoms with Crippen LogP contribution in [0.25, 0.3) is 10.2 Å². The average molecular weight is 345 g/mol. The molecule has 0 aliphatic rings. The van der Waals surface area contributed by atoms with Crippen LogP contribution in [0, 0.1) is 0 Å². The zero-order chi connectivity index (χ0) is 16.2. The number of amides is 1. The first-order valence-corrected chi connectivity index (χ1v) is 8.73. The van der Waals surface area contributed by atoms with Gasteiger partial charge in [0.05, 0.1) is 18.0 Å². The van der Waals surface area contributed by atoms with Gasteiger partial charge in [0.15, 0.2) is 0 Å². The summed E-state index contributed by atoms with van der Waals surface area (Å²) in [5, 5.41) is 6.38. The van der Waals surface area contributed by atoms with Gasteiger partial charge < -0.3 is 10.1 Å². The van der Waals surface area contributed by atoms with Crippen LogP contribution in [-0.2, 0) is 4.79 Å². The number of thioether (sulfide) groups is 1. The largest absolute Gasteiger partial charge is 0.495 e. The molecule has 3 rings (SSSR count). The highest BCUT2D eigenvalue weighted by Gasteiger charge is 2.18. The van der Waals surface area contributed by atoms with Crippen molar-refractivity contribution < 1.29 is 9.53 Å². The van der Waals surface area contributed by atoms with Gasteiger partial charge in [-0.15, -0.1) is 11.3 Å². The number of ether oxygens (including phenoxy) is 1. The summed E-state index contributed by atoms with van der Waals surface area (Å²) in [5.74, 6) is 0.543. The van der Waals surface area contributed by atoms with Crippen LogP contribution in [-0.4, -0.2) is 28.2 Å². The molecule has 1 atom stereocenters. The van der Waals surface area contributed by atoms with Gasteiger partial charge in [0.2, 0.25) is 5.91 Å². The molecule has 0 radical (unpaired) electrons. The van der Waals surface area contributed by atoms with Crippen LogP contribution in [0.3, 0.4) is 0 Å². The Bertz CT molecular complexity index is 835. The van der Waals surface area contributed by atoms with E-state index in [9.17, 15) is 4.79 Å². The van der Waals surface area contributed by atoms with E-state index in [1.807, 2.05) is 42.6 Å². The number of para-hydroxylation sites is 2. The van der Waals surface area contributed by atoms with E-state index in [2.05, 4.69) is 15.3 Å². The zero-order valence-corrected chi connectivity index (χ0v) is 14.3. The van der Waals surface area contributed by atoms with Crippen molar-refractivity contribution in [2.45, 2.75) is 17.2 Å². The molecule has 0 aliphatic heterocycles. The summed E-state index contributed by atoms with van der Waals surface area (Å²) in [4.78, 5) is 21.9. The Labute approximate surface area is 142 Å². The third-order valence-corrected chi connectivity index (χ3v) is 5.18. The number of hydrogen-bond donors (Lipinski definition) is 1. The van der Waals surface area contributed by atoms with E-state index in [1.165, 1.54) is 18.1 Å². The molecule has 0 unspecified atom stereocenters. The number of carbonyl (C=O) groups excluding carboxylic acids is 1. The molecular formula is C16H15N3O2S2. The van der Waals surface area contributed by atoms with Crippen LogP contribution in [0.1, 0.15) is 6.92 Å². The number of fused-ring (bicyclic) bond motifs is 1. The van der Waals surface area contributed by atoms with Gasteiger partial charge in [0, 0.05) is 5.39 Å². The Hall–Kier alpha value is -2.12. The number of anilines is 1. The van der Waals surface area contributed by atoms with E-state index in [1.54, 1.807) is 18.4 Å². The van der Waals surface area contributed by atoms with Crippen LogP contribution in [0.2, 0.25) is 0 Å². The monoisotopic (exact) mass is 345 g/mol. The molecule has 7 heteroatoms. The first-order valence-electron chi connectivity index (χ1n) is 6.98. The first-order chi connectivity index (χ1) is 11.2. The standard InChI is InChI=1S/C16H15N3O2S2/c1-10(14(20)19-12-5-3-4-6-13(12)21-2)23-16-11-7-8-22-15(11)17-9-18-16/h3-10H,1-2H3,(H,19,20)/t10-/m0/s1.